The van der Waals surface area contributed by atoms with Gasteiger partial charge in [0.1, 0.15) is 0 Å². The van der Waals surface area contributed by atoms with Crippen LogP contribution < -0.4 is 0 Å². The molecular weight excluding hydrogens is 262 g/mol. The maximum atomic E-state index is 13.9. The van der Waals surface area contributed by atoms with E-state index in [0.717, 1.165) is 12.0 Å². The van der Waals surface area contributed by atoms with Gasteiger partial charge in [0.25, 0.3) is 5.92 Å². The summed E-state index contributed by atoms with van der Waals surface area (Å²) in [5.41, 5.74) is 0.959. The van der Waals surface area contributed by atoms with Crippen molar-refractivity contribution in [2.24, 2.45) is 0 Å². The van der Waals surface area contributed by atoms with E-state index in [1.165, 1.54) is 12.1 Å². The Morgan fingerprint density at radius 2 is 1.65 bits per heavy atom. The lowest BCUT2D eigenvalue weighted by Gasteiger charge is -2.24. The third-order valence-electron chi connectivity index (χ3n) is 3.85. The van der Waals surface area contributed by atoms with Gasteiger partial charge in [-0.25, -0.2) is 8.78 Å². The normalized spacial score (nSPS) is 12.4. The number of carboxylic acids is 1. The predicted molar refractivity (Wildman–Crippen MR) is 75.1 cm³/mol. The largest absolute Gasteiger partial charge is 0.481 e. The predicted octanol–water partition coefficient (Wildman–Crippen LogP) is 4.72. The van der Waals surface area contributed by atoms with E-state index in [4.69, 9.17) is 5.11 Å². The minimum Gasteiger partial charge on any atom is -0.481 e. The third kappa shape index (κ3) is 4.29. The van der Waals surface area contributed by atoms with Crippen LogP contribution in [0.4, 0.5) is 8.78 Å². The zero-order valence-corrected chi connectivity index (χ0v) is 12.2. The number of hydrogen-bond donors (Lipinski definition) is 1. The number of halogens is 2. The van der Waals surface area contributed by atoms with Gasteiger partial charge in [-0.1, -0.05) is 45.0 Å². The van der Waals surface area contributed by atoms with E-state index in [1.807, 2.05) is 0 Å². The molecule has 0 aliphatic rings. The Morgan fingerprint density at radius 1 is 1.15 bits per heavy atom. The fourth-order valence-electron chi connectivity index (χ4n) is 1.98. The molecule has 4 heteroatoms. The molecule has 0 amide bonds. The molecule has 1 aromatic rings. The number of hydrogen-bond acceptors (Lipinski definition) is 1. The van der Waals surface area contributed by atoms with Crippen molar-refractivity contribution in [3.8, 4) is 0 Å². The summed E-state index contributed by atoms with van der Waals surface area (Å²) in [5, 5.41) is 8.49. The standard InChI is InChI=1S/C16H22F2O2/c1-4-15(2,3)12-7-9-13(10-8-12)16(17,18)11-5-6-14(19)20/h7-10H,4-6,11H2,1-3H3,(H,19,20). The quantitative estimate of drug-likeness (QED) is 0.786. The zero-order valence-electron chi connectivity index (χ0n) is 12.2. The molecule has 0 spiro atoms. The lowest BCUT2D eigenvalue weighted by molar-refractivity contribution is -0.137. The summed E-state index contributed by atoms with van der Waals surface area (Å²) in [7, 11) is 0. The molecule has 0 bridgehead atoms. The molecular formula is C16H22F2O2. The number of rotatable bonds is 7. The van der Waals surface area contributed by atoms with E-state index >= 15 is 0 Å². The van der Waals surface area contributed by atoms with Crippen molar-refractivity contribution < 1.29 is 18.7 Å². The molecule has 0 fully saturated rings. The van der Waals surface area contributed by atoms with Crippen LogP contribution in [0, 0.1) is 0 Å². The molecule has 0 heterocycles. The Bertz CT molecular complexity index is 450. The van der Waals surface area contributed by atoms with Crippen LogP contribution in [0.2, 0.25) is 0 Å². The van der Waals surface area contributed by atoms with E-state index < -0.39 is 18.3 Å². The highest BCUT2D eigenvalue weighted by molar-refractivity contribution is 5.66. The van der Waals surface area contributed by atoms with E-state index in [9.17, 15) is 13.6 Å². The van der Waals surface area contributed by atoms with Crippen LogP contribution in [0.5, 0.6) is 0 Å². The van der Waals surface area contributed by atoms with Crippen molar-refractivity contribution >= 4 is 5.97 Å². The lowest BCUT2D eigenvalue weighted by Crippen LogP contribution is -2.17. The molecule has 0 aliphatic carbocycles. The molecule has 0 saturated heterocycles. The van der Waals surface area contributed by atoms with Gasteiger partial charge in [-0.15, -0.1) is 0 Å². The van der Waals surface area contributed by atoms with Crippen LogP contribution in [0.3, 0.4) is 0 Å². The highest BCUT2D eigenvalue weighted by atomic mass is 19.3. The molecule has 0 atom stereocenters. The van der Waals surface area contributed by atoms with E-state index in [0.29, 0.717) is 0 Å². The Balaban J connectivity index is 2.78. The van der Waals surface area contributed by atoms with Gasteiger partial charge in [0.15, 0.2) is 0 Å². The van der Waals surface area contributed by atoms with Crippen molar-refractivity contribution in [1.82, 2.24) is 0 Å². The summed E-state index contributed by atoms with van der Waals surface area (Å²) in [6, 6.07) is 6.38. The second-order valence-electron chi connectivity index (χ2n) is 5.77. The maximum Gasteiger partial charge on any atom is 0.303 e. The molecule has 0 aliphatic heterocycles. The molecule has 1 N–H and O–H groups in total. The highest BCUT2D eigenvalue weighted by Gasteiger charge is 2.31. The average molecular weight is 284 g/mol. The Labute approximate surface area is 118 Å². The van der Waals surface area contributed by atoms with Crippen molar-refractivity contribution in [2.45, 2.75) is 57.8 Å². The molecule has 1 aromatic carbocycles. The van der Waals surface area contributed by atoms with Crippen LogP contribution in [-0.4, -0.2) is 11.1 Å². The van der Waals surface area contributed by atoms with E-state index in [2.05, 4.69) is 20.8 Å². The summed E-state index contributed by atoms with van der Waals surface area (Å²) in [6.45, 7) is 6.22. The first-order valence-corrected chi connectivity index (χ1v) is 6.89. The summed E-state index contributed by atoms with van der Waals surface area (Å²) >= 11 is 0. The van der Waals surface area contributed by atoms with Crippen molar-refractivity contribution in [2.75, 3.05) is 0 Å². The number of carbonyl (C=O) groups is 1. The van der Waals surface area contributed by atoms with E-state index in [1.54, 1.807) is 12.1 Å². The fraction of sp³-hybridized carbons (Fsp3) is 0.562. The second-order valence-corrected chi connectivity index (χ2v) is 5.77. The zero-order chi connectivity index (χ0) is 15.4. The highest BCUT2D eigenvalue weighted by Crippen LogP contribution is 2.35. The SMILES string of the molecule is CCC(C)(C)c1ccc(C(F)(F)CCCC(=O)O)cc1. The Hall–Kier alpha value is -1.45. The smallest absolute Gasteiger partial charge is 0.303 e. The monoisotopic (exact) mass is 284 g/mol. The topological polar surface area (TPSA) is 37.3 Å². The second kappa shape index (κ2) is 6.33. The fourth-order valence-corrected chi connectivity index (χ4v) is 1.98. The molecule has 1 rings (SSSR count). The van der Waals surface area contributed by atoms with Crippen LogP contribution in [-0.2, 0) is 16.1 Å². The first kappa shape index (κ1) is 16.6. The van der Waals surface area contributed by atoms with Crippen LogP contribution in [0.25, 0.3) is 0 Å². The van der Waals surface area contributed by atoms with Gasteiger partial charge in [0.2, 0.25) is 0 Å². The van der Waals surface area contributed by atoms with Crippen molar-refractivity contribution in [3.05, 3.63) is 35.4 Å². The lowest BCUT2D eigenvalue weighted by atomic mass is 9.82. The van der Waals surface area contributed by atoms with Crippen molar-refractivity contribution in [1.29, 1.82) is 0 Å². The van der Waals surface area contributed by atoms with Gasteiger partial charge >= 0.3 is 5.97 Å². The first-order chi connectivity index (χ1) is 9.19. The molecule has 20 heavy (non-hydrogen) atoms. The van der Waals surface area contributed by atoms with Gasteiger partial charge in [0.05, 0.1) is 0 Å². The van der Waals surface area contributed by atoms with E-state index in [-0.39, 0.29) is 23.8 Å². The van der Waals surface area contributed by atoms with Crippen LogP contribution in [0.1, 0.15) is 57.6 Å². The molecule has 0 aromatic heterocycles. The number of carboxylic acid groups (broad SMARTS) is 1. The number of aliphatic carboxylic acids is 1. The van der Waals surface area contributed by atoms with Gasteiger partial charge < -0.3 is 5.11 Å². The minimum absolute atomic E-state index is 0.0233. The number of alkyl halides is 2. The van der Waals surface area contributed by atoms with Gasteiger partial charge in [-0.2, -0.15) is 0 Å². The molecule has 0 radical (unpaired) electrons. The number of benzene rings is 1. The summed E-state index contributed by atoms with van der Waals surface area (Å²) in [6.07, 6.45) is 0.248. The Kier molecular flexibility index (Phi) is 5.26. The minimum atomic E-state index is -2.97. The molecule has 112 valence electrons. The maximum absolute atomic E-state index is 13.9. The average Bonchev–Trinajstić information content (AvgIpc) is 2.38. The molecule has 2 nitrogen and oxygen atoms in total. The third-order valence-corrected chi connectivity index (χ3v) is 3.85. The van der Waals surface area contributed by atoms with Gasteiger partial charge in [0, 0.05) is 18.4 Å². The summed E-state index contributed by atoms with van der Waals surface area (Å²) in [4.78, 5) is 10.4. The summed E-state index contributed by atoms with van der Waals surface area (Å²) < 4.78 is 27.8. The molecule has 0 unspecified atom stereocenters. The van der Waals surface area contributed by atoms with Gasteiger partial charge in [-0.05, 0) is 23.8 Å². The van der Waals surface area contributed by atoms with Crippen molar-refractivity contribution in [3.63, 3.8) is 0 Å². The first-order valence-electron chi connectivity index (χ1n) is 6.89. The van der Waals surface area contributed by atoms with Crippen LogP contribution >= 0.6 is 0 Å². The molecule has 0 saturated carbocycles. The summed E-state index contributed by atoms with van der Waals surface area (Å²) in [5.74, 6) is -4.01. The van der Waals surface area contributed by atoms with Crippen LogP contribution in [0.15, 0.2) is 24.3 Å². The van der Waals surface area contributed by atoms with Gasteiger partial charge in [-0.3, -0.25) is 4.79 Å². The Morgan fingerprint density at radius 3 is 2.10 bits per heavy atom.